The van der Waals surface area contributed by atoms with Crippen molar-refractivity contribution in [2.24, 2.45) is 5.92 Å². The van der Waals surface area contributed by atoms with E-state index in [-0.39, 0.29) is 25.0 Å². The molecule has 0 aliphatic heterocycles. The van der Waals surface area contributed by atoms with Crippen molar-refractivity contribution in [1.29, 1.82) is 0 Å². The second-order valence-electron chi connectivity index (χ2n) is 4.71. The molecular formula is C15H20N2O4. The Morgan fingerprint density at radius 1 is 1.24 bits per heavy atom. The molecule has 0 aromatic heterocycles. The van der Waals surface area contributed by atoms with Crippen molar-refractivity contribution in [2.45, 2.75) is 20.8 Å². The molecule has 1 rings (SSSR count). The Balaban J connectivity index is 2.64. The standard InChI is InChI=1S/C15H20N2O4/c1-4-21-13(18)9-16-15(20)11-6-5-7-12(8-11)17-14(19)10(2)3/h5-8,10H,4,9H2,1-3H3,(H,16,20)(H,17,19). The van der Waals surface area contributed by atoms with Gasteiger partial charge in [0, 0.05) is 17.2 Å². The molecular weight excluding hydrogens is 272 g/mol. The van der Waals surface area contributed by atoms with Gasteiger partial charge in [0.05, 0.1) is 6.61 Å². The van der Waals surface area contributed by atoms with Gasteiger partial charge in [0.1, 0.15) is 6.54 Å². The van der Waals surface area contributed by atoms with Gasteiger partial charge in [-0.25, -0.2) is 0 Å². The molecule has 0 radical (unpaired) electrons. The summed E-state index contributed by atoms with van der Waals surface area (Å²) in [5.74, 6) is -1.16. The highest BCUT2D eigenvalue weighted by Gasteiger charge is 2.11. The Bertz CT molecular complexity index is 526. The van der Waals surface area contributed by atoms with Crippen LogP contribution in [0.3, 0.4) is 0 Å². The first-order chi connectivity index (χ1) is 9.93. The Morgan fingerprint density at radius 2 is 1.95 bits per heavy atom. The van der Waals surface area contributed by atoms with Crippen molar-refractivity contribution in [3.05, 3.63) is 29.8 Å². The zero-order valence-electron chi connectivity index (χ0n) is 12.4. The molecule has 1 aromatic rings. The molecule has 6 nitrogen and oxygen atoms in total. The van der Waals surface area contributed by atoms with E-state index in [1.807, 2.05) is 0 Å². The highest BCUT2D eigenvalue weighted by molar-refractivity contribution is 5.98. The summed E-state index contributed by atoms with van der Waals surface area (Å²) in [7, 11) is 0. The number of carbonyl (C=O) groups excluding carboxylic acids is 3. The fourth-order valence-corrected chi connectivity index (χ4v) is 1.49. The number of benzene rings is 1. The van der Waals surface area contributed by atoms with Gasteiger partial charge in [-0.1, -0.05) is 19.9 Å². The third kappa shape index (κ3) is 5.64. The third-order valence-electron chi connectivity index (χ3n) is 2.62. The van der Waals surface area contributed by atoms with Gasteiger partial charge in [-0.2, -0.15) is 0 Å². The largest absolute Gasteiger partial charge is 0.465 e. The van der Waals surface area contributed by atoms with Crippen LogP contribution in [0.2, 0.25) is 0 Å². The van der Waals surface area contributed by atoms with Crippen LogP contribution in [0.5, 0.6) is 0 Å². The summed E-state index contributed by atoms with van der Waals surface area (Å²) in [5, 5.41) is 5.17. The summed E-state index contributed by atoms with van der Waals surface area (Å²) < 4.78 is 4.72. The third-order valence-corrected chi connectivity index (χ3v) is 2.62. The van der Waals surface area contributed by atoms with E-state index in [4.69, 9.17) is 4.74 Å². The molecule has 2 N–H and O–H groups in total. The van der Waals surface area contributed by atoms with Crippen LogP contribution >= 0.6 is 0 Å². The van der Waals surface area contributed by atoms with Gasteiger partial charge in [-0.05, 0) is 25.1 Å². The second-order valence-corrected chi connectivity index (χ2v) is 4.71. The molecule has 6 heteroatoms. The quantitative estimate of drug-likeness (QED) is 0.780. The van der Waals surface area contributed by atoms with Crippen molar-refractivity contribution in [2.75, 3.05) is 18.5 Å². The first-order valence-corrected chi connectivity index (χ1v) is 6.78. The first kappa shape index (κ1) is 16.7. The van der Waals surface area contributed by atoms with Crippen molar-refractivity contribution in [3.63, 3.8) is 0 Å². The van der Waals surface area contributed by atoms with Crippen molar-refractivity contribution >= 4 is 23.5 Å². The van der Waals surface area contributed by atoms with Crippen molar-refractivity contribution < 1.29 is 19.1 Å². The summed E-state index contributed by atoms with van der Waals surface area (Å²) in [5.41, 5.74) is 0.901. The second kappa shape index (κ2) is 8.04. The lowest BCUT2D eigenvalue weighted by molar-refractivity contribution is -0.141. The predicted octanol–water partition coefficient (Wildman–Crippen LogP) is 1.57. The first-order valence-electron chi connectivity index (χ1n) is 6.78. The van der Waals surface area contributed by atoms with E-state index in [1.165, 1.54) is 0 Å². The number of hydrogen-bond donors (Lipinski definition) is 2. The van der Waals surface area contributed by atoms with E-state index in [2.05, 4.69) is 10.6 Å². The normalized spacial score (nSPS) is 10.1. The monoisotopic (exact) mass is 292 g/mol. The van der Waals surface area contributed by atoms with Crippen LogP contribution in [-0.2, 0) is 14.3 Å². The van der Waals surface area contributed by atoms with Crippen LogP contribution in [0.25, 0.3) is 0 Å². The zero-order valence-corrected chi connectivity index (χ0v) is 12.4. The Hall–Kier alpha value is -2.37. The molecule has 0 fully saturated rings. The van der Waals surface area contributed by atoms with Gasteiger partial charge >= 0.3 is 5.97 Å². The molecule has 0 unspecified atom stereocenters. The minimum absolute atomic E-state index is 0.126. The average molecular weight is 292 g/mol. The van der Waals surface area contributed by atoms with E-state index in [0.29, 0.717) is 11.3 Å². The van der Waals surface area contributed by atoms with Crippen molar-refractivity contribution in [3.8, 4) is 0 Å². The highest BCUT2D eigenvalue weighted by Crippen LogP contribution is 2.12. The van der Waals surface area contributed by atoms with Crippen LogP contribution in [0.4, 0.5) is 5.69 Å². The fraction of sp³-hybridized carbons (Fsp3) is 0.400. The number of rotatable bonds is 6. The van der Waals surface area contributed by atoms with Crippen LogP contribution in [0, 0.1) is 5.92 Å². The van der Waals surface area contributed by atoms with Crippen LogP contribution in [-0.4, -0.2) is 30.9 Å². The number of amides is 2. The fourth-order valence-electron chi connectivity index (χ4n) is 1.49. The van der Waals surface area contributed by atoms with Crippen LogP contribution < -0.4 is 10.6 Å². The number of esters is 1. The molecule has 2 amide bonds. The maximum absolute atomic E-state index is 11.9. The molecule has 0 bridgehead atoms. The molecule has 21 heavy (non-hydrogen) atoms. The molecule has 114 valence electrons. The lowest BCUT2D eigenvalue weighted by Crippen LogP contribution is -2.30. The smallest absolute Gasteiger partial charge is 0.325 e. The SMILES string of the molecule is CCOC(=O)CNC(=O)c1cccc(NC(=O)C(C)C)c1. The molecule has 0 saturated heterocycles. The zero-order chi connectivity index (χ0) is 15.8. The molecule has 0 aliphatic carbocycles. The number of hydrogen-bond acceptors (Lipinski definition) is 4. The van der Waals surface area contributed by atoms with Crippen molar-refractivity contribution in [1.82, 2.24) is 5.32 Å². The Kier molecular flexibility index (Phi) is 6.39. The Labute approximate surface area is 123 Å². The molecule has 0 heterocycles. The molecule has 1 aromatic carbocycles. The minimum atomic E-state index is -0.491. The predicted molar refractivity (Wildman–Crippen MR) is 78.9 cm³/mol. The molecule has 0 saturated carbocycles. The maximum Gasteiger partial charge on any atom is 0.325 e. The molecule has 0 aliphatic rings. The van der Waals surface area contributed by atoms with E-state index in [0.717, 1.165) is 0 Å². The summed E-state index contributed by atoms with van der Waals surface area (Å²) in [6.45, 7) is 5.34. The minimum Gasteiger partial charge on any atom is -0.465 e. The van der Waals surface area contributed by atoms with Gasteiger partial charge in [0.25, 0.3) is 5.91 Å². The maximum atomic E-state index is 11.9. The van der Waals surface area contributed by atoms with E-state index < -0.39 is 11.9 Å². The molecule has 0 spiro atoms. The summed E-state index contributed by atoms with van der Waals surface area (Å²) >= 11 is 0. The van der Waals surface area contributed by atoms with Crippen LogP contribution in [0.15, 0.2) is 24.3 Å². The van der Waals surface area contributed by atoms with Gasteiger partial charge in [0.2, 0.25) is 5.91 Å². The number of ether oxygens (including phenoxy) is 1. The average Bonchev–Trinajstić information content (AvgIpc) is 2.45. The van der Waals surface area contributed by atoms with Gasteiger partial charge in [-0.15, -0.1) is 0 Å². The number of nitrogens with one attached hydrogen (secondary N) is 2. The number of carbonyl (C=O) groups is 3. The summed E-state index contributed by atoms with van der Waals surface area (Å²) in [4.78, 5) is 34.7. The van der Waals surface area contributed by atoms with E-state index in [9.17, 15) is 14.4 Å². The van der Waals surface area contributed by atoms with Crippen LogP contribution in [0.1, 0.15) is 31.1 Å². The topological polar surface area (TPSA) is 84.5 Å². The summed E-state index contributed by atoms with van der Waals surface area (Å²) in [6.07, 6.45) is 0. The lowest BCUT2D eigenvalue weighted by Gasteiger charge is -2.09. The Morgan fingerprint density at radius 3 is 2.57 bits per heavy atom. The number of anilines is 1. The van der Waals surface area contributed by atoms with Gasteiger partial charge in [-0.3, -0.25) is 14.4 Å². The van der Waals surface area contributed by atoms with Gasteiger partial charge < -0.3 is 15.4 Å². The van der Waals surface area contributed by atoms with Gasteiger partial charge in [0.15, 0.2) is 0 Å². The van der Waals surface area contributed by atoms with E-state index in [1.54, 1.807) is 45.0 Å². The highest BCUT2D eigenvalue weighted by atomic mass is 16.5. The summed E-state index contributed by atoms with van der Waals surface area (Å²) in [6, 6.07) is 6.52. The lowest BCUT2D eigenvalue weighted by atomic mass is 10.1. The molecule has 0 atom stereocenters. The van der Waals surface area contributed by atoms with E-state index >= 15 is 0 Å².